The van der Waals surface area contributed by atoms with Crippen molar-refractivity contribution in [3.05, 3.63) is 33.8 Å². The third kappa shape index (κ3) is 5.78. The van der Waals surface area contributed by atoms with Crippen molar-refractivity contribution in [1.82, 2.24) is 10.2 Å². The summed E-state index contributed by atoms with van der Waals surface area (Å²) in [6.07, 6.45) is 0.913. The number of nitrogens with one attached hydrogen (secondary N) is 1. The smallest absolute Gasteiger partial charge is 0.410 e. The lowest BCUT2D eigenvalue weighted by Crippen LogP contribution is -2.45. The largest absolute Gasteiger partial charge is 0.444 e. The zero-order chi connectivity index (χ0) is 19.5. The molecule has 1 aromatic rings. The molecule has 0 unspecified atom stereocenters. The van der Waals surface area contributed by atoms with Crippen LogP contribution in [0, 0.1) is 5.92 Å². The second kappa shape index (κ2) is 8.49. The van der Waals surface area contributed by atoms with Crippen LogP contribution in [0.3, 0.4) is 0 Å². The molecule has 26 heavy (non-hydrogen) atoms. The van der Waals surface area contributed by atoms with E-state index in [1.807, 2.05) is 33.8 Å². The minimum atomic E-state index is -0.515. The van der Waals surface area contributed by atoms with Gasteiger partial charge in [-0.25, -0.2) is 4.79 Å². The molecule has 1 aliphatic rings. The fourth-order valence-corrected chi connectivity index (χ4v) is 3.48. The number of amides is 2. The first-order chi connectivity index (χ1) is 12.1. The summed E-state index contributed by atoms with van der Waals surface area (Å²) in [4.78, 5) is 26.3. The lowest BCUT2D eigenvalue weighted by molar-refractivity contribution is -0.127. The van der Waals surface area contributed by atoms with Gasteiger partial charge in [0, 0.05) is 29.1 Å². The Labute approximate surface area is 165 Å². The molecule has 1 heterocycles. The Morgan fingerprint density at radius 2 is 1.85 bits per heavy atom. The second-order valence-electron chi connectivity index (χ2n) is 7.64. The first kappa shape index (κ1) is 20.8. The monoisotopic (exact) mass is 400 g/mol. The lowest BCUT2D eigenvalue weighted by Gasteiger charge is -2.33. The van der Waals surface area contributed by atoms with Crippen molar-refractivity contribution in [1.29, 1.82) is 0 Å². The summed E-state index contributed by atoms with van der Waals surface area (Å²) in [5.41, 5.74) is 0.314. The summed E-state index contributed by atoms with van der Waals surface area (Å²) in [6.45, 7) is 8.45. The van der Waals surface area contributed by atoms with Gasteiger partial charge >= 0.3 is 6.09 Å². The van der Waals surface area contributed by atoms with Gasteiger partial charge in [0.05, 0.1) is 6.04 Å². The van der Waals surface area contributed by atoms with Crippen LogP contribution in [0.4, 0.5) is 4.79 Å². The number of carbonyl (C=O) groups is 2. The van der Waals surface area contributed by atoms with Gasteiger partial charge < -0.3 is 15.0 Å². The number of hydrogen-bond donors (Lipinski definition) is 1. The number of piperidine rings is 1. The maximum atomic E-state index is 12.6. The molecular formula is C19H26Cl2N2O3. The van der Waals surface area contributed by atoms with Crippen molar-refractivity contribution in [2.45, 2.75) is 52.2 Å². The quantitative estimate of drug-likeness (QED) is 0.790. The Kier molecular flexibility index (Phi) is 6.80. The summed E-state index contributed by atoms with van der Waals surface area (Å²) in [5, 5.41) is 4.10. The molecule has 0 aromatic heterocycles. The average molecular weight is 401 g/mol. The van der Waals surface area contributed by atoms with Crippen LogP contribution in [0.5, 0.6) is 0 Å². The van der Waals surface area contributed by atoms with Gasteiger partial charge in [-0.1, -0.05) is 29.3 Å². The predicted molar refractivity (Wildman–Crippen MR) is 104 cm³/mol. The van der Waals surface area contributed by atoms with E-state index in [2.05, 4.69) is 5.32 Å². The Morgan fingerprint density at radius 1 is 1.23 bits per heavy atom. The minimum absolute atomic E-state index is 0.0210. The molecule has 1 aromatic carbocycles. The molecular weight excluding hydrogens is 375 g/mol. The Bertz CT molecular complexity index is 665. The number of likely N-dealkylation sites (tertiary alicyclic amines) is 1. The van der Waals surface area contributed by atoms with Crippen LogP contribution in [0.1, 0.15) is 52.1 Å². The molecule has 144 valence electrons. The van der Waals surface area contributed by atoms with Gasteiger partial charge in [-0.05, 0) is 58.2 Å². The normalized spacial score (nSPS) is 16.9. The molecule has 0 bridgehead atoms. The highest BCUT2D eigenvalue weighted by Crippen LogP contribution is 2.27. The van der Waals surface area contributed by atoms with Gasteiger partial charge in [-0.2, -0.15) is 0 Å². The van der Waals surface area contributed by atoms with Gasteiger partial charge in [0.2, 0.25) is 5.91 Å². The van der Waals surface area contributed by atoms with Gasteiger partial charge in [-0.3, -0.25) is 4.79 Å². The fourth-order valence-electron chi connectivity index (χ4n) is 2.91. The van der Waals surface area contributed by atoms with Crippen molar-refractivity contribution >= 4 is 35.2 Å². The lowest BCUT2D eigenvalue weighted by atomic mass is 9.95. The van der Waals surface area contributed by atoms with Crippen LogP contribution < -0.4 is 5.32 Å². The number of hydrogen-bond acceptors (Lipinski definition) is 3. The molecule has 1 aliphatic heterocycles. The van der Waals surface area contributed by atoms with Crippen molar-refractivity contribution in [2.75, 3.05) is 13.1 Å². The van der Waals surface area contributed by atoms with Gasteiger partial charge in [0.15, 0.2) is 0 Å². The summed E-state index contributed by atoms with van der Waals surface area (Å²) in [7, 11) is 0. The van der Waals surface area contributed by atoms with E-state index >= 15 is 0 Å². The SMILES string of the molecule is C[C@H](NC(=O)C1CCN(C(=O)OC(C)(C)C)CC1)c1ccc(Cl)cc1Cl. The number of nitrogens with zero attached hydrogens (tertiary/aromatic N) is 1. The Morgan fingerprint density at radius 3 is 2.38 bits per heavy atom. The summed E-state index contributed by atoms with van der Waals surface area (Å²) < 4.78 is 5.38. The minimum Gasteiger partial charge on any atom is -0.444 e. The van der Waals surface area contributed by atoms with Crippen LogP contribution in [0.2, 0.25) is 10.0 Å². The highest BCUT2D eigenvalue weighted by molar-refractivity contribution is 6.35. The number of ether oxygens (including phenoxy) is 1. The van der Waals surface area contributed by atoms with E-state index in [9.17, 15) is 9.59 Å². The molecule has 2 amide bonds. The van der Waals surface area contributed by atoms with E-state index in [1.165, 1.54) is 0 Å². The van der Waals surface area contributed by atoms with E-state index in [0.29, 0.717) is 36.0 Å². The standard InChI is InChI=1S/C19H26Cl2N2O3/c1-12(15-6-5-14(20)11-16(15)21)22-17(24)13-7-9-23(10-8-13)18(25)26-19(2,3)4/h5-6,11-13H,7-10H2,1-4H3,(H,22,24)/t12-/m0/s1. The highest BCUT2D eigenvalue weighted by atomic mass is 35.5. The maximum absolute atomic E-state index is 12.6. The fraction of sp³-hybridized carbons (Fsp3) is 0.579. The molecule has 0 radical (unpaired) electrons. The molecule has 2 rings (SSSR count). The molecule has 1 fully saturated rings. The van der Waals surface area contributed by atoms with E-state index in [0.717, 1.165) is 5.56 Å². The van der Waals surface area contributed by atoms with Crippen LogP contribution >= 0.6 is 23.2 Å². The predicted octanol–water partition coefficient (Wildman–Crippen LogP) is 4.82. The molecule has 0 aliphatic carbocycles. The maximum Gasteiger partial charge on any atom is 0.410 e. The molecule has 0 saturated carbocycles. The van der Waals surface area contributed by atoms with Crippen molar-refractivity contribution in [2.24, 2.45) is 5.92 Å². The first-order valence-electron chi connectivity index (χ1n) is 8.80. The molecule has 7 heteroatoms. The van der Waals surface area contributed by atoms with E-state index < -0.39 is 5.60 Å². The Balaban J connectivity index is 1.87. The number of carbonyl (C=O) groups excluding carboxylic acids is 2. The average Bonchev–Trinajstić information content (AvgIpc) is 2.53. The topological polar surface area (TPSA) is 58.6 Å². The van der Waals surface area contributed by atoms with Crippen molar-refractivity contribution in [3.8, 4) is 0 Å². The highest BCUT2D eigenvalue weighted by Gasteiger charge is 2.30. The van der Waals surface area contributed by atoms with Crippen LogP contribution in [-0.2, 0) is 9.53 Å². The third-order valence-corrected chi connectivity index (χ3v) is 4.87. The van der Waals surface area contributed by atoms with Gasteiger partial charge in [0.1, 0.15) is 5.60 Å². The molecule has 1 saturated heterocycles. The van der Waals surface area contributed by atoms with Gasteiger partial charge in [0.25, 0.3) is 0 Å². The zero-order valence-electron chi connectivity index (χ0n) is 15.6. The van der Waals surface area contributed by atoms with Crippen LogP contribution in [0.25, 0.3) is 0 Å². The molecule has 0 spiro atoms. The summed E-state index contributed by atoms with van der Waals surface area (Å²) >= 11 is 12.1. The van der Waals surface area contributed by atoms with Crippen molar-refractivity contribution in [3.63, 3.8) is 0 Å². The number of rotatable bonds is 3. The molecule has 1 atom stereocenters. The third-order valence-electron chi connectivity index (χ3n) is 4.31. The summed E-state index contributed by atoms with van der Waals surface area (Å²) in [5.74, 6) is -0.144. The van der Waals surface area contributed by atoms with Crippen molar-refractivity contribution < 1.29 is 14.3 Å². The Hall–Kier alpha value is -1.46. The number of benzene rings is 1. The number of halogens is 2. The summed E-state index contributed by atoms with van der Waals surface area (Å²) in [6, 6.07) is 5.03. The van der Waals surface area contributed by atoms with Crippen LogP contribution in [0.15, 0.2) is 18.2 Å². The molecule has 1 N–H and O–H groups in total. The van der Waals surface area contributed by atoms with Gasteiger partial charge in [-0.15, -0.1) is 0 Å². The second-order valence-corrected chi connectivity index (χ2v) is 8.48. The first-order valence-corrected chi connectivity index (χ1v) is 9.55. The van der Waals surface area contributed by atoms with E-state index in [1.54, 1.807) is 17.0 Å². The van der Waals surface area contributed by atoms with E-state index in [-0.39, 0.29) is 24.0 Å². The van der Waals surface area contributed by atoms with Crippen LogP contribution in [-0.4, -0.2) is 35.6 Å². The molecule has 5 nitrogen and oxygen atoms in total. The van der Waals surface area contributed by atoms with E-state index in [4.69, 9.17) is 27.9 Å². The zero-order valence-corrected chi connectivity index (χ0v) is 17.2.